The lowest BCUT2D eigenvalue weighted by Gasteiger charge is -2.70. The van der Waals surface area contributed by atoms with Crippen LogP contribution in [-0.4, -0.2) is 16.9 Å². The van der Waals surface area contributed by atoms with Crippen LogP contribution < -0.4 is 0 Å². The van der Waals surface area contributed by atoms with Gasteiger partial charge in [-0.1, -0.05) is 60.1 Å². The number of carbonyl (C=O) groups excluding carboxylic acids is 1. The van der Waals surface area contributed by atoms with Gasteiger partial charge in [0, 0.05) is 11.8 Å². The fourth-order valence-corrected chi connectivity index (χ4v) is 10.7. The number of carboxylic acid groups (broad SMARTS) is 1. The van der Waals surface area contributed by atoms with E-state index in [1.54, 1.807) is 5.57 Å². The summed E-state index contributed by atoms with van der Waals surface area (Å²) in [5.74, 6) is 2.14. The highest BCUT2D eigenvalue weighted by Crippen LogP contribution is 2.75. The molecule has 0 heterocycles. The van der Waals surface area contributed by atoms with Gasteiger partial charge >= 0.3 is 5.97 Å². The molecule has 3 heteroatoms. The number of hydrogen-bond donors (Lipinski definition) is 1. The Bertz CT molecular complexity index is 916. The van der Waals surface area contributed by atoms with Gasteiger partial charge in [-0.3, -0.25) is 9.59 Å². The summed E-state index contributed by atoms with van der Waals surface area (Å²) in [7, 11) is 0. The van der Waals surface area contributed by atoms with Crippen LogP contribution >= 0.6 is 0 Å². The minimum Gasteiger partial charge on any atom is -0.481 e. The van der Waals surface area contributed by atoms with Gasteiger partial charge in [-0.2, -0.15) is 0 Å². The Morgan fingerprint density at radius 3 is 2.33 bits per heavy atom. The molecule has 0 aromatic rings. The van der Waals surface area contributed by atoms with Crippen LogP contribution in [-0.2, 0) is 9.59 Å². The zero-order chi connectivity index (χ0) is 24.2. The SMILES string of the molecule is C[C@H]1[C@H](C)CC[C@@]2(C(=O)O)CC[C@@]3(C)C4=CC[C@H]5C(C)(C)C(=O)CC[C@]5(C)[C@@H]4CC[C@@]3(C)[C@@H]12. The molecule has 3 nitrogen and oxygen atoms in total. The van der Waals surface area contributed by atoms with Gasteiger partial charge in [-0.05, 0) is 97.2 Å². The summed E-state index contributed by atoms with van der Waals surface area (Å²) in [6.45, 7) is 16.6. The maximum atomic E-state index is 12.9. The van der Waals surface area contributed by atoms with Crippen molar-refractivity contribution in [3.8, 4) is 0 Å². The summed E-state index contributed by atoms with van der Waals surface area (Å²) < 4.78 is 0. The number of aliphatic carboxylic acids is 1. The highest BCUT2D eigenvalue weighted by molar-refractivity contribution is 5.85. The maximum absolute atomic E-state index is 12.9. The Balaban J connectivity index is 1.61. The third-order valence-electron chi connectivity index (χ3n) is 13.1. The molecule has 0 bridgehead atoms. The summed E-state index contributed by atoms with van der Waals surface area (Å²) in [6.07, 6.45) is 11.3. The predicted octanol–water partition coefficient (Wildman–Crippen LogP) is 7.30. The number of fused-ring (bicyclic) bond motifs is 7. The van der Waals surface area contributed by atoms with Crippen LogP contribution in [0.4, 0.5) is 0 Å². The van der Waals surface area contributed by atoms with Crippen molar-refractivity contribution >= 4 is 11.8 Å². The second kappa shape index (κ2) is 6.97. The molecule has 0 saturated heterocycles. The van der Waals surface area contributed by atoms with Crippen molar-refractivity contribution in [2.45, 2.75) is 106 Å². The Morgan fingerprint density at radius 1 is 0.970 bits per heavy atom. The van der Waals surface area contributed by atoms with Crippen molar-refractivity contribution < 1.29 is 14.7 Å². The first-order valence-corrected chi connectivity index (χ1v) is 13.7. The topological polar surface area (TPSA) is 54.4 Å². The van der Waals surface area contributed by atoms with Crippen molar-refractivity contribution in [3.63, 3.8) is 0 Å². The smallest absolute Gasteiger partial charge is 0.309 e. The van der Waals surface area contributed by atoms with E-state index in [2.05, 4.69) is 54.5 Å². The second-order valence-corrected chi connectivity index (χ2v) is 14.3. The molecule has 0 aliphatic heterocycles. The molecule has 5 aliphatic rings. The number of ketones is 1. The first-order valence-electron chi connectivity index (χ1n) is 13.7. The Kier molecular flexibility index (Phi) is 4.99. The minimum absolute atomic E-state index is 0.0171. The Labute approximate surface area is 201 Å². The minimum atomic E-state index is -0.548. The third-order valence-corrected chi connectivity index (χ3v) is 13.1. The summed E-state index contributed by atoms with van der Waals surface area (Å²) >= 11 is 0. The van der Waals surface area contributed by atoms with Gasteiger partial charge in [-0.25, -0.2) is 0 Å². The summed E-state index contributed by atoms with van der Waals surface area (Å²) in [5.41, 5.74) is 1.11. The van der Waals surface area contributed by atoms with Crippen molar-refractivity contribution in [2.75, 3.05) is 0 Å². The molecule has 4 fully saturated rings. The van der Waals surface area contributed by atoms with Gasteiger partial charge in [0.2, 0.25) is 0 Å². The molecule has 1 N–H and O–H groups in total. The number of Topliss-reactive ketones (excluding diaryl/α,β-unsaturated/α-hetero) is 1. The molecular formula is C30H46O3. The Morgan fingerprint density at radius 2 is 1.67 bits per heavy atom. The van der Waals surface area contributed by atoms with E-state index in [0.717, 1.165) is 57.8 Å². The first kappa shape index (κ1) is 23.6. The van der Waals surface area contributed by atoms with Crippen molar-refractivity contribution in [2.24, 2.45) is 56.7 Å². The van der Waals surface area contributed by atoms with Crippen LogP contribution in [0.15, 0.2) is 11.6 Å². The zero-order valence-corrected chi connectivity index (χ0v) is 22.1. The summed E-state index contributed by atoms with van der Waals surface area (Å²) in [5, 5.41) is 10.6. The zero-order valence-electron chi connectivity index (χ0n) is 22.1. The van der Waals surface area contributed by atoms with Gasteiger partial charge < -0.3 is 5.11 Å². The Hall–Kier alpha value is -1.12. The van der Waals surface area contributed by atoms with E-state index in [4.69, 9.17) is 0 Å². The lowest BCUT2D eigenvalue weighted by Crippen LogP contribution is -2.65. The lowest BCUT2D eigenvalue weighted by atomic mass is 9.33. The predicted molar refractivity (Wildman–Crippen MR) is 132 cm³/mol. The molecule has 0 spiro atoms. The maximum Gasteiger partial charge on any atom is 0.309 e. The molecule has 0 unspecified atom stereocenters. The fourth-order valence-electron chi connectivity index (χ4n) is 10.7. The van der Waals surface area contributed by atoms with E-state index in [1.807, 2.05) is 0 Å². The van der Waals surface area contributed by atoms with Crippen molar-refractivity contribution in [3.05, 3.63) is 11.6 Å². The third kappa shape index (κ3) is 2.69. The molecule has 9 atom stereocenters. The van der Waals surface area contributed by atoms with Crippen molar-refractivity contribution in [1.29, 1.82) is 0 Å². The second-order valence-electron chi connectivity index (χ2n) is 14.3. The monoisotopic (exact) mass is 454 g/mol. The standard InChI is InChI=1S/C30H46O3/c1-18-10-15-30(25(32)33)17-16-28(6)21-8-9-22-26(3,4)23(31)12-13-27(22,5)20(21)11-14-29(28,7)24(30)19(18)2/h8,18-20,22,24H,9-17H2,1-7H3,(H,32,33)/t18-,19+,20-,22+,24-,27-,28+,29+,30-/m1/s1. The van der Waals surface area contributed by atoms with Crippen LogP contribution in [0, 0.1) is 56.7 Å². The number of carboxylic acids is 1. The average molecular weight is 455 g/mol. The average Bonchev–Trinajstić information content (AvgIpc) is 2.74. The molecule has 5 rings (SSSR count). The summed E-state index contributed by atoms with van der Waals surface area (Å²) in [4.78, 5) is 25.7. The molecule has 0 radical (unpaired) electrons. The van der Waals surface area contributed by atoms with Crippen LogP contribution in [0.5, 0.6) is 0 Å². The molecule has 0 amide bonds. The van der Waals surface area contributed by atoms with Crippen LogP contribution in [0.3, 0.4) is 0 Å². The van der Waals surface area contributed by atoms with Crippen LogP contribution in [0.2, 0.25) is 0 Å². The van der Waals surface area contributed by atoms with E-state index in [9.17, 15) is 14.7 Å². The molecular weight excluding hydrogens is 408 g/mol. The number of rotatable bonds is 1. The highest BCUT2D eigenvalue weighted by atomic mass is 16.4. The molecule has 5 aliphatic carbocycles. The van der Waals surface area contributed by atoms with E-state index in [-0.39, 0.29) is 27.6 Å². The van der Waals surface area contributed by atoms with Gasteiger partial charge in [0.05, 0.1) is 5.41 Å². The van der Waals surface area contributed by atoms with Gasteiger partial charge in [0.1, 0.15) is 5.78 Å². The van der Waals surface area contributed by atoms with E-state index in [1.165, 1.54) is 0 Å². The lowest BCUT2D eigenvalue weighted by molar-refractivity contribution is -0.204. The first-order chi connectivity index (χ1) is 15.3. The fraction of sp³-hybridized carbons (Fsp3) is 0.867. The van der Waals surface area contributed by atoms with Gasteiger partial charge in [-0.15, -0.1) is 0 Å². The van der Waals surface area contributed by atoms with Gasteiger partial charge in [0.15, 0.2) is 0 Å². The summed E-state index contributed by atoms with van der Waals surface area (Å²) in [6, 6.07) is 0. The van der Waals surface area contributed by atoms with Crippen LogP contribution in [0.1, 0.15) is 106 Å². The van der Waals surface area contributed by atoms with E-state index >= 15 is 0 Å². The molecule has 0 aromatic heterocycles. The molecule has 184 valence electrons. The van der Waals surface area contributed by atoms with Crippen LogP contribution in [0.25, 0.3) is 0 Å². The quantitative estimate of drug-likeness (QED) is 0.423. The molecule has 0 aromatic carbocycles. The normalized spacial score (nSPS) is 53.1. The van der Waals surface area contributed by atoms with Crippen molar-refractivity contribution in [1.82, 2.24) is 0 Å². The van der Waals surface area contributed by atoms with E-state index < -0.39 is 11.4 Å². The molecule has 33 heavy (non-hydrogen) atoms. The largest absolute Gasteiger partial charge is 0.481 e. The number of carbonyl (C=O) groups is 2. The highest BCUT2D eigenvalue weighted by Gasteiger charge is 2.70. The molecule has 4 saturated carbocycles. The van der Waals surface area contributed by atoms with E-state index in [0.29, 0.717) is 29.5 Å². The van der Waals surface area contributed by atoms with Gasteiger partial charge in [0.25, 0.3) is 0 Å². The number of hydrogen-bond acceptors (Lipinski definition) is 2. The number of allylic oxidation sites excluding steroid dienone is 2.